The molecule has 0 saturated heterocycles. The Labute approximate surface area is 131 Å². The second kappa shape index (κ2) is 6.27. The molecule has 3 aromatic rings. The maximum atomic E-state index is 12.5. The fourth-order valence-corrected chi connectivity index (χ4v) is 2.25. The minimum absolute atomic E-state index is 0.207. The second-order valence-corrected chi connectivity index (χ2v) is 5.06. The van der Waals surface area contributed by atoms with E-state index in [1.54, 1.807) is 30.6 Å². The van der Waals surface area contributed by atoms with Crippen molar-refractivity contribution in [1.29, 1.82) is 0 Å². The molecule has 1 atom stereocenters. The van der Waals surface area contributed by atoms with Crippen LogP contribution in [0.3, 0.4) is 0 Å². The van der Waals surface area contributed by atoms with Crippen molar-refractivity contribution in [2.75, 3.05) is 0 Å². The van der Waals surface area contributed by atoms with E-state index in [0.29, 0.717) is 17.0 Å². The molecule has 1 amide bonds. The lowest BCUT2D eigenvalue weighted by Gasteiger charge is -2.13. The third-order valence-electron chi connectivity index (χ3n) is 3.45. The van der Waals surface area contributed by atoms with Gasteiger partial charge >= 0.3 is 0 Å². The third-order valence-corrected chi connectivity index (χ3v) is 3.45. The molecule has 1 unspecified atom stereocenters. The van der Waals surface area contributed by atoms with Gasteiger partial charge < -0.3 is 10.3 Å². The molecule has 3 heterocycles. The highest BCUT2D eigenvalue weighted by molar-refractivity contribution is 5.99. The summed E-state index contributed by atoms with van der Waals surface area (Å²) in [6, 6.07) is 8.33. The van der Waals surface area contributed by atoms with E-state index in [4.69, 9.17) is 0 Å². The number of aromatic nitrogens is 4. The number of H-pyrrole nitrogens is 2. The van der Waals surface area contributed by atoms with Gasteiger partial charge in [-0.05, 0) is 30.7 Å². The van der Waals surface area contributed by atoms with Crippen molar-refractivity contribution in [3.8, 4) is 11.4 Å². The number of nitrogens with one attached hydrogen (secondary N) is 3. The average Bonchev–Trinajstić information content (AvgIpc) is 3.05. The first-order valence-corrected chi connectivity index (χ1v) is 7.09. The van der Waals surface area contributed by atoms with Crippen LogP contribution in [0, 0.1) is 0 Å². The number of carbonyl (C=O) groups is 1. The van der Waals surface area contributed by atoms with Crippen LogP contribution in [-0.4, -0.2) is 26.1 Å². The van der Waals surface area contributed by atoms with E-state index in [9.17, 15) is 9.59 Å². The maximum Gasteiger partial charge on any atom is 0.255 e. The summed E-state index contributed by atoms with van der Waals surface area (Å²) in [7, 11) is 0. The Morgan fingerprint density at radius 2 is 2.17 bits per heavy atom. The fraction of sp³-hybridized carbons (Fsp3) is 0.125. The molecule has 3 N–H and O–H groups in total. The number of rotatable bonds is 4. The molecule has 3 aromatic heterocycles. The molecule has 0 aliphatic heterocycles. The predicted molar refractivity (Wildman–Crippen MR) is 84.8 cm³/mol. The van der Waals surface area contributed by atoms with Gasteiger partial charge in [0.1, 0.15) is 0 Å². The normalized spacial score (nSPS) is 11.9. The van der Waals surface area contributed by atoms with E-state index >= 15 is 0 Å². The van der Waals surface area contributed by atoms with Crippen LogP contribution in [0.25, 0.3) is 11.4 Å². The van der Waals surface area contributed by atoms with Crippen molar-refractivity contribution in [2.45, 2.75) is 13.0 Å². The molecule has 0 aliphatic rings. The van der Waals surface area contributed by atoms with E-state index in [1.807, 2.05) is 13.0 Å². The molecule has 0 saturated carbocycles. The molecule has 7 heteroatoms. The van der Waals surface area contributed by atoms with E-state index < -0.39 is 0 Å². The van der Waals surface area contributed by atoms with Crippen LogP contribution < -0.4 is 10.9 Å². The van der Waals surface area contributed by atoms with E-state index in [-0.39, 0.29) is 17.5 Å². The third kappa shape index (κ3) is 3.18. The number of aromatic amines is 2. The summed E-state index contributed by atoms with van der Waals surface area (Å²) in [5.41, 5.74) is 2.12. The lowest BCUT2D eigenvalue weighted by molar-refractivity contribution is 0.0940. The molecule has 0 radical (unpaired) electrons. The Morgan fingerprint density at radius 1 is 1.30 bits per heavy atom. The smallest absolute Gasteiger partial charge is 0.255 e. The summed E-state index contributed by atoms with van der Waals surface area (Å²) in [5.74, 6) is -0.285. The highest BCUT2D eigenvalue weighted by Gasteiger charge is 2.18. The van der Waals surface area contributed by atoms with Gasteiger partial charge in [-0.1, -0.05) is 6.07 Å². The highest BCUT2D eigenvalue weighted by Crippen LogP contribution is 2.19. The van der Waals surface area contributed by atoms with Gasteiger partial charge in [-0.15, -0.1) is 0 Å². The molecule has 7 nitrogen and oxygen atoms in total. The van der Waals surface area contributed by atoms with E-state index in [0.717, 1.165) is 5.56 Å². The Bertz CT molecular complexity index is 869. The minimum atomic E-state index is -0.309. The van der Waals surface area contributed by atoms with Crippen molar-refractivity contribution < 1.29 is 4.79 Å². The van der Waals surface area contributed by atoms with Crippen LogP contribution >= 0.6 is 0 Å². The Hall–Kier alpha value is -3.22. The molecule has 23 heavy (non-hydrogen) atoms. The van der Waals surface area contributed by atoms with E-state index in [1.165, 1.54) is 12.3 Å². The number of hydrogen-bond donors (Lipinski definition) is 3. The largest absolute Gasteiger partial charge is 0.345 e. The second-order valence-electron chi connectivity index (χ2n) is 5.06. The first-order chi connectivity index (χ1) is 11.1. The van der Waals surface area contributed by atoms with E-state index in [2.05, 4.69) is 25.5 Å². The topological polar surface area (TPSA) is 104 Å². The van der Waals surface area contributed by atoms with Crippen molar-refractivity contribution in [1.82, 2.24) is 25.5 Å². The van der Waals surface area contributed by atoms with Gasteiger partial charge in [0.15, 0.2) is 0 Å². The number of hydrogen-bond acceptors (Lipinski definition) is 4. The van der Waals surface area contributed by atoms with Crippen LogP contribution in [0.4, 0.5) is 0 Å². The highest BCUT2D eigenvalue weighted by atomic mass is 16.1. The van der Waals surface area contributed by atoms with Gasteiger partial charge in [0.2, 0.25) is 5.56 Å². The lowest BCUT2D eigenvalue weighted by atomic mass is 10.1. The quantitative estimate of drug-likeness (QED) is 0.681. The SMILES string of the molecule is CC(NC(=O)c1cn[nH]c1-c1ccccn1)c1cc[nH]c(=O)c1. The predicted octanol–water partition coefficient (Wildman–Crippen LogP) is 1.65. The monoisotopic (exact) mass is 309 g/mol. The molecule has 0 aliphatic carbocycles. The number of amides is 1. The van der Waals surface area contributed by atoms with Crippen LogP contribution in [-0.2, 0) is 0 Å². The molecule has 0 spiro atoms. The first kappa shape index (κ1) is 14.7. The van der Waals surface area contributed by atoms with Gasteiger partial charge in [0.25, 0.3) is 5.91 Å². The average molecular weight is 309 g/mol. The molecule has 0 aromatic carbocycles. The summed E-state index contributed by atoms with van der Waals surface area (Å²) in [5, 5.41) is 9.59. The molecule has 3 rings (SSSR count). The van der Waals surface area contributed by atoms with Gasteiger partial charge in [-0.3, -0.25) is 19.7 Å². The zero-order valence-corrected chi connectivity index (χ0v) is 12.4. The van der Waals surface area contributed by atoms with Crippen LogP contribution in [0.2, 0.25) is 0 Å². The Morgan fingerprint density at radius 3 is 2.91 bits per heavy atom. The van der Waals surface area contributed by atoms with Crippen LogP contribution in [0.1, 0.15) is 28.9 Å². The summed E-state index contributed by atoms with van der Waals surface area (Å²) in [6.45, 7) is 1.81. The number of pyridine rings is 2. The summed E-state index contributed by atoms with van der Waals surface area (Å²) in [6.07, 6.45) is 4.66. The summed E-state index contributed by atoms with van der Waals surface area (Å²) < 4.78 is 0. The zero-order valence-electron chi connectivity index (χ0n) is 12.4. The summed E-state index contributed by atoms with van der Waals surface area (Å²) in [4.78, 5) is 30.6. The standard InChI is InChI=1S/C16H15N5O2/c1-10(11-5-7-18-14(22)8-11)20-16(23)12-9-19-21-15(12)13-4-2-3-6-17-13/h2-10H,1H3,(H,18,22)(H,19,21)(H,20,23). The molecule has 0 bridgehead atoms. The van der Waals surface area contributed by atoms with Crippen molar-refractivity contribution >= 4 is 5.91 Å². The zero-order chi connectivity index (χ0) is 16.2. The fourth-order valence-electron chi connectivity index (χ4n) is 2.25. The van der Waals surface area contributed by atoms with Gasteiger partial charge in [-0.25, -0.2) is 0 Å². The van der Waals surface area contributed by atoms with Gasteiger partial charge in [-0.2, -0.15) is 5.10 Å². The van der Waals surface area contributed by atoms with Gasteiger partial charge in [0.05, 0.1) is 29.2 Å². The maximum absolute atomic E-state index is 12.5. The van der Waals surface area contributed by atoms with Crippen LogP contribution in [0.5, 0.6) is 0 Å². The minimum Gasteiger partial charge on any atom is -0.345 e. The molecule has 0 fully saturated rings. The molecule has 116 valence electrons. The summed E-state index contributed by atoms with van der Waals surface area (Å²) >= 11 is 0. The van der Waals surface area contributed by atoms with Crippen molar-refractivity contribution in [3.63, 3.8) is 0 Å². The lowest BCUT2D eigenvalue weighted by Crippen LogP contribution is -2.27. The first-order valence-electron chi connectivity index (χ1n) is 7.09. The Kier molecular flexibility index (Phi) is 4.01. The Balaban J connectivity index is 1.82. The van der Waals surface area contributed by atoms with Crippen molar-refractivity contribution in [2.24, 2.45) is 0 Å². The number of carbonyl (C=O) groups excluding carboxylic acids is 1. The molecular weight excluding hydrogens is 294 g/mol. The van der Waals surface area contributed by atoms with Crippen molar-refractivity contribution in [3.05, 3.63) is 70.4 Å². The number of nitrogens with zero attached hydrogens (tertiary/aromatic N) is 2. The van der Waals surface area contributed by atoms with Gasteiger partial charge in [0, 0.05) is 18.5 Å². The molecular formula is C16H15N5O2. The van der Waals surface area contributed by atoms with Crippen LogP contribution in [0.15, 0.2) is 53.7 Å².